The maximum atomic E-state index is 5.03. The van der Waals surface area contributed by atoms with Gasteiger partial charge in [0.2, 0.25) is 0 Å². The summed E-state index contributed by atoms with van der Waals surface area (Å²) in [6.07, 6.45) is 0.974. The minimum atomic E-state index is 0.775. The van der Waals surface area contributed by atoms with E-state index in [1.807, 2.05) is 0 Å². The van der Waals surface area contributed by atoms with Gasteiger partial charge in [0.25, 0.3) is 0 Å². The maximum absolute atomic E-state index is 5.03. The molecule has 5 rings (SSSR count). The van der Waals surface area contributed by atoms with Crippen molar-refractivity contribution in [2.45, 2.75) is 39.9 Å². The molecule has 0 aliphatic rings. The van der Waals surface area contributed by atoms with E-state index in [0.717, 1.165) is 54.4 Å². The van der Waals surface area contributed by atoms with Crippen molar-refractivity contribution in [1.29, 1.82) is 0 Å². The van der Waals surface area contributed by atoms with Crippen molar-refractivity contribution >= 4 is 16.9 Å². The van der Waals surface area contributed by atoms with Crippen molar-refractivity contribution in [3.8, 4) is 0 Å². The summed E-state index contributed by atoms with van der Waals surface area (Å²) < 4.78 is 2.34. The third-order valence-electron chi connectivity index (χ3n) is 6.24. The first-order chi connectivity index (χ1) is 16.7. The van der Waals surface area contributed by atoms with E-state index >= 15 is 0 Å². The van der Waals surface area contributed by atoms with Crippen LogP contribution in [0.2, 0.25) is 0 Å². The van der Waals surface area contributed by atoms with Crippen LogP contribution in [-0.2, 0) is 26.1 Å². The minimum Gasteiger partial charge on any atom is -0.346 e. The number of pyridine rings is 1. The molecule has 0 amide bonds. The molecule has 4 nitrogen and oxygen atoms in total. The van der Waals surface area contributed by atoms with Crippen LogP contribution in [0.4, 0.5) is 5.82 Å². The van der Waals surface area contributed by atoms with Gasteiger partial charge in [0.15, 0.2) is 5.82 Å². The largest absolute Gasteiger partial charge is 0.346 e. The second-order valence-electron chi connectivity index (χ2n) is 8.83. The lowest BCUT2D eigenvalue weighted by atomic mass is 10.1. The van der Waals surface area contributed by atoms with E-state index in [2.05, 4.69) is 120 Å². The first-order valence-corrected chi connectivity index (χ1v) is 11.9. The third-order valence-corrected chi connectivity index (χ3v) is 6.24. The fourth-order valence-electron chi connectivity index (χ4n) is 4.54. The Morgan fingerprint density at radius 1 is 0.676 bits per heavy atom. The molecule has 0 saturated carbocycles. The molecule has 0 N–H and O–H groups in total. The Bertz CT molecular complexity index is 1320. The molecule has 2 aromatic heterocycles. The fraction of sp³-hybridized carbons (Fsp3) is 0.200. The molecule has 0 radical (unpaired) electrons. The lowest BCUT2D eigenvalue weighted by Gasteiger charge is -2.25. The summed E-state index contributed by atoms with van der Waals surface area (Å²) in [6, 6.07) is 34.0. The van der Waals surface area contributed by atoms with Gasteiger partial charge in [-0.25, -0.2) is 9.97 Å². The summed E-state index contributed by atoms with van der Waals surface area (Å²) in [5.74, 6) is 1.98. The normalized spacial score (nSPS) is 11.1. The lowest BCUT2D eigenvalue weighted by Crippen LogP contribution is -2.23. The zero-order chi connectivity index (χ0) is 23.3. The van der Waals surface area contributed by atoms with Crippen molar-refractivity contribution in [1.82, 2.24) is 14.5 Å². The molecule has 0 spiro atoms. The van der Waals surface area contributed by atoms with Gasteiger partial charge >= 0.3 is 0 Å². The van der Waals surface area contributed by atoms with E-state index < -0.39 is 0 Å². The van der Waals surface area contributed by atoms with Crippen LogP contribution >= 0.6 is 0 Å². The third kappa shape index (κ3) is 4.86. The smallest absolute Gasteiger partial charge is 0.157 e. The lowest BCUT2D eigenvalue weighted by molar-refractivity contribution is 0.692. The highest BCUT2D eigenvalue weighted by molar-refractivity contribution is 5.87. The first-order valence-electron chi connectivity index (χ1n) is 11.9. The Hall–Kier alpha value is -3.92. The number of anilines is 1. The first kappa shape index (κ1) is 21.9. The summed E-state index contributed by atoms with van der Waals surface area (Å²) in [7, 11) is 0. The summed E-state index contributed by atoms with van der Waals surface area (Å²) in [5, 5.41) is 0. The highest BCUT2D eigenvalue weighted by Gasteiger charge is 2.19. The van der Waals surface area contributed by atoms with E-state index in [9.17, 15) is 0 Å². The van der Waals surface area contributed by atoms with Crippen LogP contribution in [0.3, 0.4) is 0 Å². The van der Waals surface area contributed by atoms with Crippen molar-refractivity contribution in [2.24, 2.45) is 0 Å². The Labute approximate surface area is 201 Å². The van der Waals surface area contributed by atoms with Gasteiger partial charge in [0.05, 0.1) is 5.52 Å². The molecule has 2 heterocycles. The summed E-state index contributed by atoms with van der Waals surface area (Å²) in [4.78, 5) is 12.4. The van der Waals surface area contributed by atoms with Crippen LogP contribution in [0.25, 0.3) is 11.0 Å². The molecule has 4 heteroatoms. The summed E-state index contributed by atoms with van der Waals surface area (Å²) in [6.45, 7) is 6.62. The molecular weight excluding hydrogens is 416 g/mol. The number of aryl methyl sites for hydroxylation is 4. The van der Waals surface area contributed by atoms with Crippen LogP contribution in [0.15, 0.2) is 97.1 Å². The van der Waals surface area contributed by atoms with E-state index in [-0.39, 0.29) is 0 Å². The van der Waals surface area contributed by atoms with Crippen molar-refractivity contribution in [2.75, 3.05) is 4.90 Å². The predicted octanol–water partition coefficient (Wildman–Crippen LogP) is 6.50. The molecule has 34 heavy (non-hydrogen) atoms. The Kier molecular flexibility index (Phi) is 6.39. The molecule has 5 aromatic rings. The van der Waals surface area contributed by atoms with Crippen LogP contribution in [0.1, 0.15) is 28.2 Å². The standard InChI is InChI=1S/C30H30N4/c1-23-20-28-29(32-24(2)34(28)19-18-25-12-6-3-7-13-25)30(31-23)33(21-26-14-8-4-9-15-26)22-27-16-10-5-11-17-27/h3-17,20H,18-19,21-22H2,1-2H3. The predicted molar refractivity (Wildman–Crippen MR) is 140 cm³/mol. The van der Waals surface area contributed by atoms with Gasteiger partial charge in [-0.15, -0.1) is 0 Å². The van der Waals surface area contributed by atoms with Gasteiger partial charge in [-0.05, 0) is 43.0 Å². The van der Waals surface area contributed by atoms with E-state index in [1.165, 1.54) is 16.7 Å². The number of rotatable bonds is 8. The molecular formula is C30H30N4. The number of fused-ring (bicyclic) bond motifs is 1. The van der Waals surface area contributed by atoms with Gasteiger partial charge in [-0.1, -0.05) is 91.0 Å². The fourth-order valence-corrected chi connectivity index (χ4v) is 4.54. The highest BCUT2D eigenvalue weighted by atomic mass is 15.2. The summed E-state index contributed by atoms with van der Waals surface area (Å²) in [5.41, 5.74) is 6.99. The number of benzene rings is 3. The molecule has 0 aliphatic carbocycles. The molecule has 3 aromatic carbocycles. The number of nitrogens with zero attached hydrogens (tertiary/aromatic N) is 4. The SMILES string of the molecule is Cc1cc2c(nc(C)n2CCc2ccccc2)c(N(Cc2ccccc2)Cc2ccccc2)n1. The Balaban J connectivity index is 1.55. The number of hydrogen-bond donors (Lipinski definition) is 0. The van der Waals surface area contributed by atoms with Crippen LogP contribution < -0.4 is 4.90 Å². The zero-order valence-corrected chi connectivity index (χ0v) is 19.9. The second-order valence-corrected chi connectivity index (χ2v) is 8.83. The number of imidazole rings is 1. The van der Waals surface area contributed by atoms with Gasteiger partial charge in [-0.2, -0.15) is 0 Å². The van der Waals surface area contributed by atoms with Crippen molar-refractivity contribution in [3.05, 3.63) is 125 Å². The van der Waals surface area contributed by atoms with Crippen molar-refractivity contribution < 1.29 is 0 Å². The van der Waals surface area contributed by atoms with Crippen LogP contribution in [-0.4, -0.2) is 14.5 Å². The average Bonchev–Trinajstić information content (AvgIpc) is 3.18. The molecule has 0 aliphatic heterocycles. The van der Waals surface area contributed by atoms with Gasteiger partial charge in [0, 0.05) is 25.3 Å². The van der Waals surface area contributed by atoms with E-state index in [1.54, 1.807) is 0 Å². The molecule has 0 bridgehead atoms. The maximum Gasteiger partial charge on any atom is 0.157 e. The molecule has 0 atom stereocenters. The second kappa shape index (κ2) is 9.92. The molecule has 170 valence electrons. The number of hydrogen-bond acceptors (Lipinski definition) is 3. The van der Waals surface area contributed by atoms with E-state index in [0.29, 0.717) is 0 Å². The minimum absolute atomic E-state index is 0.775. The monoisotopic (exact) mass is 446 g/mol. The topological polar surface area (TPSA) is 34.0 Å². The van der Waals surface area contributed by atoms with Crippen LogP contribution in [0, 0.1) is 13.8 Å². The van der Waals surface area contributed by atoms with E-state index in [4.69, 9.17) is 9.97 Å². The summed E-state index contributed by atoms with van der Waals surface area (Å²) >= 11 is 0. The number of aromatic nitrogens is 3. The Morgan fingerprint density at radius 3 is 1.76 bits per heavy atom. The molecule has 0 saturated heterocycles. The van der Waals surface area contributed by atoms with Gasteiger partial charge in [0.1, 0.15) is 11.3 Å². The van der Waals surface area contributed by atoms with Gasteiger partial charge in [-0.3, -0.25) is 0 Å². The molecule has 0 fully saturated rings. The quantitative estimate of drug-likeness (QED) is 0.273. The average molecular weight is 447 g/mol. The van der Waals surface area contributed by atoms with Crippen LogP contribution in [0.5, 0.6) is 0 Å². The van der Waals surface area contributed by atoms with Gasteiger partial charge < -0.3 is 9.47 Å². The highest BCUT2D eigenvalue weighted by Crippen LogP contribution is 2.29. The Morgan fingerprint density at radius 2 is 1.21 bits per heavy atom. The zero-order valence-electron chi connectivity index (χ0n) is 19.9. The molecule has 0 unspecified atom stereocenters. The van der Waals surface area contributed by atoms with Crippen molar-refractivity contribution in [3.63, 3.8) is 0 Å².